The summed E-state index contributed by atoms with van der Waals surface area (Å²) in [6.07, 6.45) is 2.31. The van der Waals surface area contributed by atoms with Crippen molar-refractivity contribution in [1.29, 1.82) is 0 Å². The third-order valence-corrected chi connectivity index (χ3v) is 3.49. The molecule has 0 fully saturated rings. The van der Waals surface area contributed by atoms with Crippen LogP contribution in [-0.2, 0) is 4.79 Å². The Kier molecular flexibility index (Phi) is 5.73. The van der Waals surface area contributed by atoms with E-state index in [9.17, 15) is 14.4 Å². The summed E-state index contributed by atoms with van der Waals surface area (Å²) in [5, 5.41) is 6.31. The molecule has 0 aliphatic rings. The first-order valence-corrected chi connectivity index (χ1v) is 7.64. The summed E-state index contributed by atoms with van der Waals surface area (Å²) in [5.74, 6) is -0.879. The van der Waals surface area contributed by atoms with E-state index in [1.807, 2.05) is 5.38 Å². The van der Waals surface area contributed by atoms with E-state index >= 15 is 0 Å². The van der Waals surface area contributed by atoms with Crippen LogP contribution in [0.1, 0.15) is 33.7 Å². The predicted octanol–water partition coefficient (Wildman–Crippen LogP) is 1.05. The van der Waals surface area contributed by atoms with Gasteiger partial charge < -0.3 is 10.3 Å². The Morgan fingerprint density at radius 3 is 2.68 bits per heavy atom. The smallest absolute Gasteiger partial charge is 0.286 e. The second kappa shape index (κ2) is 7.99. The molecule has 0 unspecified atom stereocenters. The van der Waals surface area contributed by atoms with Crippen LogP contribution >= 0.6 is 11.3 Å². The molecule has 0 aliphatic carbocycles. The normalized spacial score (nSPS) is 10.0. The molecule has 0 aromatic carbocycles. The quantitative estimate of drug-likeness (QED) is 0.472. The molecule has 0 saturated heterocycles. The zero-order valence-electron chi connectivity index (χ0n) is 11.7. The Labute approximate surface area is 131 Å². The van der Waals surface area contributed by atoms with Gasteiger partial charge in [-0.25, -0.2) is 0 Å². The van der Waals surface area contributed by atoms with Crippen molar-refractivity contribution in [3.05, 3.63) is 46.4 Å². The fourth-order valence-corrected chi connectivity index (χ4v) is 2.31. The van der Waals surface area contributed by atoms with Crippen molar-refractivity contribution in [2.24, 2.45) is 0 Å². The van der Waals surface area contributed by atoms with Gasteiger partial charge >= 0.3 is 0 Å². The first-order chi connectivity index (χ1) is 10.7. The highest BCUT2D eigenvalue weighted by Crippen LogP contribution is 2.05. The lowest BCUT2D eigenvalue weighted by molar-refractivity contribution is -0.121. The maximum Gasteiger partial charge on any atom is 0.286 e. The van der Waals surface area contributed by atoms with Gasteiger partial charge in [0.05, 0.1) is 0 Å². The zero-order valence-corrected chi connectivity index (χ0v) is 12.5. The minimum absolute atomic E-state index is 0.151. The van der Waals surface area contributed by atoms with E-state index in [4.69, 9.17) is 0 Å². The molecular weight excluding hydrogens is 304 g/mol. The number of rotatable bonds is 6. The van der Waals surface area contributed by atoms with Gasteiger partial charge in [0.25, 0.3) is 11.8 Å². The summed E-state index contributed by atoms with van der Waals surface area (Å²) in [6.45, 7) is 0.396. The van der Waals surface area contributed by atoms with Crippen molar-refractivity contribution < 1.29 is 14.4 Å². The van der Waals surface area contributed by atoms with Gasteiger partial charge in [-0.15, -0.1) is 0 Å². The number of thiophene rings is 1. The van der Waals surface area contributed by atoms with Gasteiger partial charge in [-0.1, -0.05) is 0 Å². The molecule has 2 heterocycles. The molecule has 0 spiro atoms. The van der Waals surface area contributed by atoms with Crippen LogP contribution in [0.5, 0.6) is 0 Å². The number of aromatic amines is 1. The molecule has 0 saturated carbocycles. The number of amides is 3. The van der Waals surface area contributed by atoms with Crippen LogP contribution in [0.2, 0.25) is 0 Å². The third-order valence-electron chi connectivity index (χ3n) is 2.81. The minimum Gasteiger partial charge on any atom is -0.357 e. The molecule has 22 heavy (non-hydrogen) atoms. The fraction of sp³-hybridized carbons (Fsp3) is 0.214. The predicted molar refractivity (Wildman–Crippen MR) is 82.3 cm³/mol. The van der Waals surface area contributed by atoms with Gasteiger partial charge in [0.15, 0.2) is 0 Å². The Bertz CT molecular complexity index is 623. The fourth-order valence-electron chi connectivity index (χ4n) is 1.67. The topological polar surface area (TPSA) is 103 Å². The molecule has 0 atom stereocenters. The van der Waals surface area contributed by atoms with Gasteiger partial charge in [0.1, 0.15) is 5.69 Å². The first-order valence-electron chi connectivity index (χ1n) is 6.70. The molecule has 2 aromatic rings. The van der Waals surface area contributed by atoms with E-state index in [1.54, 1.807) is 29.8 Å². The van der Waals surface area contributed by atoms with Crippen LogP contribution in [0.15, 0.2) is 35.2 Å². The Morgan fingerprint density at radius 1 is 1.14 bits per heavy atom. The van der Waals surface area contributed by atoms with Crippen LogP contribution in [0.25, 0.3) is 0 Å². The summed E-state index contributed by atoms with van der Waals surface area (Å²) in [7, 11) is 0. The monoisotopic (exact) mass is 320 g/mol. The molecule has 8 heteroatoms. The molecule has 0 bridgehead atoms. The van der Waals surface area contributed by atoms with Crippen LogP contribution in [0, 0.1) is 0 Å². The maximum atomic E-state index is 11.6. The molecule has 0 aliphatic heterocycles. The van der Waals surface area contributed by atoms with Gasteiger partial charge in [0, 0.05) is 30.1 Å². The van der Waals surface area contributed by atoms with E-state index in [0.717, 1.165) is 0 Å². The van der Waals surface area contributed by atoms with E-state index in [2.05, 4.69) is 21.2 Å². The highest BCUT2D eigenvalue weighted by atomic mass is 32.1. The van der Waals surface area contributed by atoms with Crippen LogP contribution in [-0.4, -0.2) is 29.3 Å². The van der Waals surface area contributed by atoms with Crippen molar-refractivity contribution in [3.63, 3.8) is 0 Å². The molecule has 3 amide bonds. The number of hydrazine groups is 1. The van der Waals surface area contributed by atoms with Crippen molar-refractivity contribution >= 4 is 29.1 Å². The van der Waals surface area contributed by atoms with Gasteiger partial charge in [0.2, 0.25) is 5.91 Å². The Balaban J connectivity index is 1.58. The summed E-state index contributed by atoms with van der Waals surface area (Å²) < 4.78 is 0. The summed E-state index contributed by atoms with van der Waals surface area (Å²) in [6, 6.07) is 5.02. The van der Waals surface area contributed by atoms with Crippen molar-refractivity contribution in [3.8, 4) is 0 Å². The maximum absolute atomic E-state index is 11.6. The van der Waals surface area contributed by atoms with Crippen molar-refractivity contribution in [2.45, 2.75) is 12.8 Å². The average Bonchev–Trinajstić information content (AvgIpc) is 3.21. The summed E-state index contributed by atoms with van der Waals surface area (Å²) >= 11 is 1.45. The van der Waals surface area contributed by atoms with Crippen LogP contribution in [0.4, 0.5) is 0 Å². The number of carbonyl (C=O) groups excluding carboxylic acids is 3. The molecule has 4 N–H and O–H groups in total. The number of hydrogen-bond acceptors (Lipinski definition) is 4. The number of H-pyrrole nitrogens is 1. The van der Waals surface area contributed by atoms with Crippen LogP contribution < -0.4 is 16.2 Å². The largest absolute Gasteiger partial charge is 0.357 e. The highest BCUT2D eigenvalue weighted by molar-refractivity contribution is 7.08. The second-order valence-corrected chi connectivity index (χ2v) is 5.24. The summed E-state index contributed by atoms with van der Waals surface area (Å²) in [5.41, 5.74) is 5.60. The van der Waals surface area contributed by atoms with E-state index in [0.29, 0.717) is 24.2 Å². The van der Waals surface area contributed by atoms with Crippen molar-refractivity contribution in [1.82, 2.24) is 21.2 Å². The molecular formula is C14H16N4O3S. The lowest BCUT2D eigenvalue weighted by atomic mass is 10.3. The van der Waals surface area contributed by atoms with E-state index in [1.165, 1.54) is 11.3 Å². The molecule has 2 rings (SSSR count). The van der Waals surface area contributed by atoms with Crippen LogP contribution in [0.3, 0.4) is 0 Å². The highest BCUT2D eigenvalue weighted by Gasteiger charge is 2.08. The van der Waals surface area contributed by atoms with Crippen molar-refractivity contribution in [2.75, 3.05) is 6.54 Å². The van der Waals surface area contributed by atoms with E-state index < -0.39 is 5.91 Å². The average molecular weight is 320 g/mol. The van der Waals surface area contributed by atoms with Gasteiger partial charge in [-0.3, -0.25) is 25.2 Å². The minimum atomic E-state index is -0.413. The van der Waals surface area contributed by atoms with E-state index in [-0.39, 0.29) is 18.2 Å². The number of hydrogen-bond donors (Lipinski definition) is 4. The Hall–Kier alpha value is -2.61. The number of nitrogens with one attached hydrogen (secondary N) is 4. The second-order valence-electron chi connectivity index (χ2n) is 4.46. The lowest BCUT2D eigenvalue weighted by Gasteiger charge is -2.07. The molecule has 0 radical (unpaired) electrons. The third kappa shape index (κ3) is 4.74. The van der Waals surface area contributed by atoms with Gasteiger partial charge in [-0.05, 0) is 30.0 Å². The molecule has 2 aromatic heterocycles. The first kappa shape index (κ1) is 15.8. The number of aromatic nitrogens is 1. The van der Waals surface area contributed by atoms with Gasteiger partial charge in [-0.2, -0.15) is 11.3 Å². The lowest BCUT2D eigenvalue weighted by Crippen LogP contribution is -2.41. The molecule has 116 valence electrons. The zero-order chi connectivity index (χ0) is 15.8. The standard InChI is InChI=1S/C14H16N4O3S/c19-12(17-18-14(21)11-3-1-6-15-11)4-2-7-16-13(20)10-5-8-22-9-10/h1,3,5-6,8-9,15H,2,4,7H2,(H,16,20)(H,17,19)(H,18,21). The molecule has 7 nitrogen and oxygen atoms in total. The SMILES string of the molecule is O=C(CCCNC(=O)c1ccsc1)NNC(=O)c1ccc[nH]1. The summed E-state index contributed by atoms with van der Waals surface area (Å²) in [4.78, 5) is 37.5. The number of carbonyl (C=O) groups is 3. The Morgan fingerprint density at radius 2 is 2.00 bits per heavy atom.